The highest BCUT2D eigenvalue weighted by atomic mass is 14.9. The van der Waals surface area contributed by atoms with Gasteiger partial charge in [0.1, 0.15) is 0 Å². The van der Waals surface area contributed by atoms with Gasteiger partial charge in [-0.1, -0.05) is 43.9 Å². The molecule has 0 aliphatic heterocycles. The van der Waals surface area contributed by atoms with Gasteiger partial charge in [-0.05, 0) is 18.6 Å². The molecule has 2 rings (SSSR count). The van der Waals surface area contributed by atoms with Crippen LogP contribution in [0.4, 0.5) is 0 Å². The lowest BCUT2D eigenvalue weighted by Gasteiger charge is -2.04. The molecule has 1 aromatic carbocycles. The summed E-state index contributed by atoms with van der Waals surface area (Å²) in [6, 6.07) is 8.52. The Morgan fingerprint density at radius 3 is 2.82 bits per heavy atom. The standard InChI is InChI=1S/C14H17B2N/c1-3-5-9-13-11(4-2)12-8-6-7-10-14(12)17(13)16-15/h4-10,16H,2-3,15H2,1H3/b9-5-. The zero-order chi connectivity index (χ0) is 12.3. The van der Waals surface area contributed by atoms with Gasteiger partial charge >= 0.3 is 0 Å². The molecule has 0 aliphatic rings. The van der Waals surface area contributed by atoms with Crippen molar-refractivity contribution in [3.8, 4) is 0 Å². The van der Waals surface area contributed by atoms with Crippen molar-refractivity contribution < 1.29 is 0 Å². The van der Waals surface area contributed by atoms with Crippen molar-refractivity contribution >= 4 is 38.1 Å². The minimum absolute atomic E-state index is 0.984. The van der Waals surface area contributed by atoms with Gasteiger partial charge in [0, 0.05) is 22.2 Å². The zero-order valence-electron chi connectivity index (χ0n) is 10.6. The first-order valence-electron chi connectivity index (χ1n) is 6.23. The average molecular weight is 221 g/mol. The van der Waals surface area contributed by atoms with E-state index in [1.165, 1.54) is 22.2 Å². The quantitative estimate of drug-likeness (QED) is 0.698. The van der Waals surface area contributed by atoms with Crippen LogP contribution < -0.4 is 0 Å². The summed E-state index contributed by atoms with van der Waals surface area (Å²) in [6.07, 6.45) is 7.43. The molecule has 0 aliphatic carbocycles. The van der Waals surface area contributed by atoms with Crippen LogP contribution in [-0.4, -0.2) is 19.5 Å². The van der Waals surface area contributed by atoms with Crippen LogP contribution in [0.25, 0.3) is 23.1 Å². The summed E-state index contributed by atoms with van der Waals surface area (Å²) in [7, 11) is 3.17. The van der Waals surface area contributed by atoms with Crippen molar-refractivity contribution in [2.45, 2.75) is 13.3 Å². The molecule has 1 aromatic heterocycles. The maximum Gasteiger partial charge on any atom is 0.198 e. The lowest BCUT2D eigenvalue weighted by atomic mass is 9.66. The van der Waals surface area contributed by atoms with Gasteiger partial charge in [-0.15, -0.1) is 0 Å². The van der Waals surface area contributed by atoms with E-state index in [9.17, 15) is 0 Å². The van der Waals surface area contributed by atoms with Crippen molar-refractivity contribution in [2.75, 3.05) is 0 Å². The Labute approximate surface area is 104 Å². The third kappa shape index (κ3) is 1.97. The molecule has 0 N–H and O–H groups in total. The molecule has 0 radical (unpaired) electrons. The van der Waals surface area contributed by atoms with Crippen molar-refractivity contribution in [3.05, 3.63) is 48.2 Å². The van der Waals surface area contributed by atoms with Crippen LogP contribution in [0, 0.1) is 0 Å². The van der Waals surface area contributed by atoms with E-state index in [1.54, 1.807) is 0 Å². The average Bonchev–Trinajstić information content (AvgIpc) is 2.68. The molecule has 1 nitrogen and oxygen atoms in total. The smallest absolute Gasteiger partial charge is 0.198 e. The Balaban J connectivity index is 2.78. The van der Waals surface area contributed by atoms with Gasteiger partial charge in [-0.3, -0.25) is 0 Å². The number of benzene rings is 1. The van der Waals surface area contributed by atoms with Gasteiger partial charge in [-0.25, -0.2) is 0 Å². The molecule has 0 fully saturated rings. The summed E-state index contributed by atoms with van der Waals surface area (Å²) in [5.74, 6) is 0. The Bertz CT molecular complexity index is 567. The number of aromatic nitrogens is 1. The molecular formula is C14H17B2N. The van der Waals surface area contributed by atoms with Crippen LogP contribution in [0.3, 0.4) is 0 Å². The molecule has 0 spiro atoms. The molecular weight excluding hydrogens is 204 g/mol. The Hall–Kier alpha value is -1.63. The van der Waals surface area contributed by atoms with Crippen molar-refractivity contribution in [1.29, 1.82) is 0 Å². The molecule has 17 heavy (non-hydrogen) atoms. The van der Waals surface area contributed by atoms with E-state index in [4.69, 9.17) is 0 Å². The topological polar surface area (TPSA) is 4.93 Å². The van der Waals surface area contributed by atoms with E-state index >= 15 is 0 Å². The van der Waals surface area contributed by atoms with Gasteiger partial charge in [0.05, 0.1) is 7.74 Å². The lowest BCUT2D eigenvalue weighted by molar-refractivity contribution is 1.22. The van der Waals surface area contributed by atoms with E-state index in [-0.39, 0.29) is 0 Å². The molecule has 1 heterocycles. The SMILES string of the molecule is BBn1c(/C=C\CC)c(C=C)c2ccccc21. The maximum absolute atomic E-state index is 3.95. The number of fused-ring (bicyclic) bond motifs is 1. The van der Waals surface area contributed by atoms with E-state index in [0.29, 0.717) is 0 Å². The second kappa shape index (κ2) is 5.13. The summed E-state index contributed by atoms with van der Waals surface area (Å²) in [6.45, 7) is 6.11. The van der Waals surface area contributed by atoms with Gasteiger partial charge < -0.3 is 4.48 Å². The fourth-order valence-corrected chi connectivity index (χ4v) is 2.31. The van der Waals surface area contributed by atoms with Crippen LogP contribution in [0.5, 0.6) is 0 Å². The third-order valence-corrected chi connectivity index (χ3v) is 3.08. The monoisotopic (exact) mass is 221 g/mol. The minimum Gasteiger partial charge on any atom is -0.397 e. The first kappa shape index (κ1) is 11.8. The largest absolute Gasteiger partial charge is 0.397 e. The second-order valence-electron chi connectivity index (χ2n) is 4.08. The molecule has 2 aromatic rings. The summed E-state index contributed by atoms with van der Waals surface area (Å²) < 4.78 is 2.35. The molecule has 0 unspecified atom stereocenters. The Kier molecular flexibility index (Phi) is 3.58. The van der Waals surface area contributed by atoms with E-state index in [0.717, 1.165) is 13.7 Å². The summed E-state index contributed by atoms with van der Waals surface area (Å²) in [4.78, 5) is 0. The van der Waals surface area contributed by atoms with Gasteiger partial charge in [0.25, 0.3) is 0 Å². The Morgan fingerprint density at radius 2 is 2.18 bits per heavy atom. The fourth-order valence-electron chi connectivity index (χ4n) is 2.31. The van der Waals surface area contributed by atoms with E-state index < -0.39 is 0 Å². The lowest BCUT2D eigenvalue weighted by Crippen LogP contribution is -2.07. The molecule has 0 bridgehead atoms. The van der Waals surface area contributed by atoms with Crippen LogP contribution >= 0.6 is 0 Å². The van der Waals surface area contributed by atoms with E-state index in [2.05, 4.69) is 62.1 Å². The maximum atomic E-state index is 3.95. The molecule has 0 amide bonds. The summed E-state index contributed by atoms with van der Waals surface area (Å²) in [5, 5.41) is 1.29. The Morgan fingerprint density at radius 1 is 1.41 bits per heavy atom. The zero-order valence-corrected chi connectivity index (χ0v) is 10.6. The molecule has 0 saturated carbocycles. The van der Waals surface area contributed by atoms with Gasteiger partial charge in [0.2, 0.25) is 0 Å². The van der Waals surface area contributed by atoms with Crippen LogP contribution in [0.2, 0.25) is 0 Å². The number of allylic oxidation sites excluding steroid dienone is 1. The number of nitrogens with zero attached hydrogens (tertiary/aromatic N) is 1. The molecule has 0 atom stereocenters. The second-order valence-corrected chi connectivity index (χ2v) is 4.08. The first-order chi connectivity index (χ1) is 8.33. The highest BCUT2D eigenvalue weighted by Gasteiger charge is 2.10. The fraction of sp³-hybridized carbons (Fsp3) is 0.143. The molecule has 0 saturated heterocycles. The van der Waals surface area contributed by atoms with Crippen molar-refractivity contribution in [3.63, 3.8) is 0 Å². The predicted octanol–water partition coefficient (Wildman–Crippen LogP) is 2.46. The number of hydrogen-bond donors (Lipinski definition) is 0. The number of para-hydroxylation sites is 1. The predicted molar refractivity (Wildman–Crippen MR) is 82.4 cm³/mol. The van der Waals surface area contributed by atoms with E-state index in [1.807, 2.05) is 6.08 Å². The number of rotatable bonds is 4. The highest BCUT2D eigenvalue weighted by Crippen LogP contribution is 2.27. The van der Waals surface area contributed by atoms with Crippen molar-refractivity contribution in [2.24, 2.45) is 0 Å². The van der Waals surface area contributed by atoms with Crippen LogP contribution in [-0.2, 0) is 0 Å². The minimum atomic E-state index is 0.984. The summed E-state index contributed by atoms with van der Waals surface area (Å²) in [5.41, 5.74) is 3.80. The van der Waals surface area contributed by atoms with Crippen LogP contribution in [0.1, 0.15) is 24.6 Å². The third-order valence-electron chi connectivity index (χ3n) is 3.08. The number of hydrogen-bond acceptors (Lipinski definition) is 0. The first-order valence-corrected chi connectivity index (χ1v) is 6.23. The molecule has 3 heteroatoms. The van der Waals surface area contributed by atoms with Crippen LogP contribution in [0.15, 0.2) is 36.9 Å². The molecule has 84 valence electrons. The normalized spacial score (nSPS) is 11.1. The van der Waals surface area contributed by atoms with Crippen molar-refractivity contribution in [1.82, 2.24) is 4.48 Å². The van der Waals surface area contributed by atoms with Gasteiger partial charge in [-0.2, -0.15) is 0 Å². The highest BCUT2D eigenvalue weighted by molar-refractivity contribution is 6.88. The van der Waals surface area contributed by atoms with Gasteiger partial charge in [0.15, 0.2) is 7.31 Å². The summed E-state index contributed by atoms with van der Waals surface area (Å²) >= 11 is 0.